The van der Waals surface area contributed by atoms with Crippen molar-refractivity contribution in [2.75, 3.05) is 13.7 Å². The van der Waals surface area contributed by atoms with Crippen LogP contribution in [0, 0.1) is 0 Å². The summed E-state index contributed by atoms with van der Waals surface area (Å²) >= 11 is 0. The van der Waals surface area contributed by atoms with E-state index in [9.17, 15) is 15.0 Å². The molecule has 0 heterocycles. The Morgan fingerprint density at radius 2 is 1.39 bits per heavy atom. The lowest BCUT2D eigenvalue weighted by Crippen LogP contribution is -1.99. The second kappa shape index (κ2) is 11.0. The second-order valence-corrected chi connectivity index (χ2v) is 7.34. The molecule has 0 unspecified atom stereocenters. The lowest BCUT2D eigenvalue weighted by molar-refractivity contribution is -0.137. The van der Waals surface area contributed by atoms with E-state index in [1.807, 2.05) is 42.5 Å². The minimum atomic E-state index is -0.403. The van der Waals surface area contributed by atoms with E-state index in [-0.39, 0.29) is 11.5 Å². The molecule has 0 amide bonds. The van der Waals surface area contributed by atoms with Gasteiger partial charge in [-0.15, -0.1) is 0 Å². The quantitative estimate of drug-likeness (QED) is 0.251. The third kappa shape index (κ3) is 5.83. The number of methoxy groups -OCH3 is 1. The highest BCUT2D eigenvalue weighted by molar-refractivity contribution is 5.99. The Balaban J connectivity index is 2.15. The molecule has 0 aliphatic rings. The highest BCUT2D eigenvalue weighted by Crippen LogP contribution is 2.37. The first-order valence-corrected chi connectivity index (χ1v) is 10.8. The van der Waals surface area contributed by atoms with Crippen molar-refractivity contribution in [1.29, 1.82) is 0 Å². The molecule has 3 aromatic rings. The van der Waals surface area contributed by atoms with Crippen molar-refractivity contribution in [3.8, 4) is 17.2 Å². The summed E-state index contributed by atoms with van der Waals surface area (Å²) in [6, 6.07) is 20.0. The summed E-state index contributed by atoms with van der Waals surface area (Å²) in [5.41, 5.74) is 5.69. The maximum absolute atomic E-state index is 11.7. The Morgan fingerprint density at radius 3 is 1.88 bits per heavy atom. The molecular weight excluding hydrogens is 416 g/mol. The lowest BCUT2D eigenvalue weighted by Gasteiger charge is -2.18. The molecule has 0 aromatic heterocycles. The van der Waals surface area contributed by atoms with Gasteiger partial charge in [0, 0.05) is 11.6 Å². The first-order chi connectivity index (χ1) is 16.0. The van der Waals surface area contributed by atoms with Crippen molar-refractivity contribution < 1.29 is 24.5 Å². The maximum atomic E-state index is 11.7. The highest BCUT2D eigenvalue weighted by atomic mass is 16.5. The number of ether oxygens (including phenoxy) is 2. The van der Waals surface area contributed by atoms with Gasteiger partial charge in [0.1, 0.15) is 17.2 Å². The highest BCUT2D eigenvalue weighted by Gasteiger charge is 2.15. The lowest BCUT2D eigenvalue weighted by atomic mass is 9.87. The number of phenols is 2. The van der Waals surface area contributed by atoms with Crippen molar-refractivity contribution in [3.05, 3.63) is 95.1 Å². The molecule has 0 aliphatic heterocycles. The molecule has 3 aromatic carbocycles. The van der Waals surface area contributed by atoms with Crippen LogP contribution in [0.2, 0.25) is 0 Å². The van der Waals surface area contributed by atoms with E-state index in [2.05, 4.69) is 6.92 Å². The minimum Gasteiger partial charge on any atom is -0.508 e. The average molecular weight is 445 g/mol. The smallest absolute Gasteiger partial charge is 0.330 e. The van der Waals surface area contributed by atoms with E-state index in [1.165, 1.54) is 6.08 Å². The van der Waals surface area contributed by atoms with Crippen LogP contribution in [0.4, 0.5) is 0 Å². The van der Waals surface area contributed by atoms with Gasteiger partial charge in [0.15, 0.2) is 0 Å². The molecule has 2 N–H and O–H groups in total. The number of carbonyl (C=O) groups is 1. The summed E-state index contributed by atoms with van der Waals surface area (Å²) in [5.74, 6) is 0.622. The molecule has 170 valence electrons. The van der Waals surface area contributed by atoms with E-state index in [1.54, 1.807) is 44.4 Å². The Morgan fingerprint density at radius 1 is 0.848 bits per heavy atom. The second-order valence-electron chi connectivity index (χ2n) is 7.34. The molecule has 0 saturated carbocycles. The van der Waals surface area contributed by atoms with Crippen molar-refractivity contribution >= 4 is 23.2 Å². The Labute approximate surface area is 194 Å². The number of aromatic hydroxyl groups is 2. The molecule has 0 aliphatic carbocycles. The monoisotopic (exact) mass is 444 g/mol. The van der Waals surface area contributed by atoms with Gasteiger partial charge in [0.2, 0.25) is 0 Å². The van der Waals surface area contributed by atoms with Gasteiger partial charge >= 0.3 is 5.97 Å². The first kappa shape index (κ1) is 23.7. The zero-order valence-electron chi connectivity index (χ0n) is 19.0. The van der Waals surface area contributed by atoms with Crippen molar-refractivity contribution in [3.63, 3.8) is 0 Å². The van der Waals surface area contributed by atoms with Crippen molar-refractivity contribution in [2.24, 2.45) is 0 Å². The van der Waals surface area contributed by atoms with Crippen LogP contribution in [-0.4, -0.2) is 29.9 Å². The predicted octanol–water partition coefficient (Wildman–Crippen LogP) is 6.05. The molecule has 5 nitrogen and oxygen atoms in total. The van der Waals surface area contributed by atoms with Gasteiger partial charge in [-0.2, -0.15) is 0 Å². The fourth-order valence-corrected chi connectivity index (χ4v) is 3.68. The number of carbonyl (C=O) groups excluding carboxylic acids is 1. The molecule has 3 rings (SSSR count). The van der Waals surface area contributed by atoms with Crippen LogP contribution in [0.25, 0.3) is 17.2 Å². The largest absolute Gasteiger partial charge is 0.508 e. The van der Waals surface area contributed by atoms with E-state index in [0.717, 1.165) is 39.8 Å². The Bertz CT molecular complexity index is 1110. The predicted molar refractivity (Wildman–Crippen MR) is 131 cm³/mol. The van der Waals surface area contributed by atoms with Gasteiger partial charge in [-0.3, -0.25) is 0 Å². The van der Waals surface area contributed by atoms with E-state index < -0.39 is 5.97 Å². The van der Waals surface area contributed by atoms with Crippen LogP contribution in [0.5, 0.6) is 17.2 Å². The van der Waals surface area contributed by atoms with Crippen LogP contribution in [0.15, 0.2) is 72.8 Å². The summed E-state index contributed by atoms with van der Waals surface area (Å²) in [7, 11) is 1.59. The summed E-state index contributed by atoms with van der Waals surface area (Å²) in [6.07, 6.45) is 3.80. The van der Waals surface area contributed by atoms with Gasteiger partial charge in [-0.1, -0.05) is 43.3 Å². The number of esters is 1. The number of phenolic OH excluding ortho intramolecular Hbond substituents is 2. The molecule has 0 fully saturated rings. The maximum Gasteiger partial charge on any atom is 0.330 e. The van der Waals surface area contributed by atoms with Crippen LogP contribution >= 0.6 is 0 Å². The SMILES string of the molecule is CCOC(=O)C=Cc1ccc(C(CC)=C(c2ccc(O)cc2)c2ccc(O)cc2)cc1OC. The normalized spacial score (nSPS) is 10.8. The molecule has 0 atom stereocenters. The van der Waals surface area contributed by atoms with Crippen molar-refractivity contribution in [1.82, 2.24) is 0 Å². The standard InChI is InChI=1S/C28H28O5/c1-4-25(22-7-6-19(26(18-22)32-3)12-17-27(31)33-5-2)28(20-8-13-23(29)14-9-20)21-10-15-24(30)16-11-21/h6-18,29-30H,4-5H2,1-3H3. The fraction of sp³-hybridized carbons (Fsp3) is 0.179. The topological polar surface area (TPSA) is 76.0 Å². The van der Waals surface area contributed by atoms with Gasteiger partial charge in [-0.25, -0.2) is 4.79 Å². The van der Waals surface area contributed by atoms with E-state index >= 15 is 0 Å². The van der Waals surface area contributed by atoms with Gasteiger partial charge in [-0.05, 0) is 77.6 Å². The molecule has 0 saturated heterocycles. The first-order valence-electron chi connectivity index (χ1n) is 10.8. The average Bonchev–Trinajstić information content (AvgIpc) is 2.83. The van der Waals surface area contributed by atoms with Gasteiger partial charge in [0.05, 0.1) is 13.7 Å². The van der Waals surface area contributed by atoms with Crippen LogP contribution in [0.3, 0.4) is 0 Å². The summed E-state index contributed by atoms with van der Waals surface area (Å²) in [5, 5.41) is 19.6. The Kier molecular flexibility index (Phi) is 7.92. The van der Waals surface area contributed by atoms with Crippen LogP contribution < -0.4 is 4.74 Å². The Hall–Kier alpha value is -3.99. The van der Waals surface area contributed by atoms with Crippen LogP contribution in [-0.2, 0) is 9.53 Å². The summed E-state index contributed by atoms with van der Waals surface area (Å²) in [4.78, 5) is 11.7. The van der Waals surface area contributed by atoms with E-state index in [4.69, 9.17) is 9.47 Å². The van der Waals surface area contributed by atoms with Gasteiger partial charge < -0.3 is 19.7 Å². The summed E-state index contributed by atoms with van der Waals surface area (Å²) in [6.45, 7) is 4.16. The number of allylic oxidation sites excluding steroid dienone is 1. The van der Waals surface area contributed by atoms with E-state index in [0.29, 0.717) is 12.4 Å². The molecule has 0 radical (unpaired) electrons. The minimum absolute atomic E-state index is 0.196. The third-order valence-electron chi connectivity index (χ3n) is 5.23. The van der Waals surface area contributed by atoms with Gasteiger partial charge in [0.25, 0.3) is 0 Å². The van der Waals surface area contributed by atoms with Crippen molar-refractivity contribution in [2.45, 2.75) is 20.3 Å². The molecule has 5 heteroatoms. The molecule has 0 spiro atoms. The number of rotatable bonds is 8. The zero-order chi connectivity index (χ0) is 23.8. The molecule has 33 heavy (non-hydrogen) atoms. The third-order valence-corrected chi connectivity index (χ3v) is 5.23. The molecular formula is C28H28O5. The van der Waals surface area contributed by atoms with Crippen LogP contribution in [0.1, 0.15) is 42.5 Å². The number of hydrogen-bond acceptors (Lipinski definition) is 5. The fourth-order valence-electron chi connectivity index (χ4n) is 3.68. The zero-order valence-corrected chi connectivity index (χ0v) is 19.0. The number of hydrogen-bond donors (Lipinski definition) is 2. The number of benzene rings is 3. The summed E-state index contributed by atoms with van der Waals surface area (Å²) < 4.78 is 10.6. The molecule has 0 bridgehead atoms.